The van der Waals surface area contributed by atoms with Gasteiger partial charge in [-0.2, -0.15) is 0 Å². The van der Waals surface area contributed by atoms with Crippen LogP contribution in [0.1, 0.15) is 43.7 Å². The lowest BCUT2D eigenvalue weighted by molar-refractivity contribution is -0.122. The lowest BCUT2D eigenvalue weighted by Crippen LogP contribution is -2.55. The van der Waals surface area contributed by atoms with Crippen LogP contribution < -0.4 is 10.6 Å². The van der Waals surface area contributed by atoms with Crippen molar-refractivity contribution in [3.63, 3.8) is 0 Å². The van der Waals surface area contributed by atoms with Gasteiger partial charge in [0.25, 0.3) is 0 Å². The fourth-order valence-electron chi connectivity index (χ4n) is 5.14. The van der Waals surface area contributed by atoms with Crippen molar-refractivity contribution in [2.24, 2.45) is 0 Å². The number of piperazine rings is 1. The molecule has 8 heteroatoms. The second-order valence-corrected chi connectivity index (χ2v) is 8.87. The second-order valence-electron chi connectivity index (χ2n) is 8.87. The second kappa shape index (κ2) is 9.42. The molecule has 1 aromatic carbocycles. The van der Waals surface area contributed by atoms with E-state index in [2.05, 4.69) is 15.5 Å². The molecule has 2 heterocycles. The average Bonchev–Trinajstić information content (AvgIpc) is 3.24. The van der Waals surface area contributed by atoms with Crippen LogP contribution in [0.5, 0.6) is 0 Å². The molecule has 1 unspecified atom stereocenters. The van der Waals surface area contributed by atoms with E-state index < -0.39 is 6.04 Å². The van der Waals surface area contributed by atoms with Gasteiger partial charge >= 0.3 is 6.09 Å². The smallest absolute Gasteiger partial charge is 0.409 e. The maximum atomic E-state index is 14.1. The molecule has 0 bridgehead atoms. The number of halogens is 1. The predicted molar refractivity (Wildman–Crippen MR) is 117 cm³/mol. The lowest BCUT2D eigenvalue weighted by atomic mass is 9.89. The van der Waals surface area contributed by atoms with E-state index in [1.165, 1.54) is 6.07 Å². The number of benzene rings is 1. The van der Waals surface area contributed by atoms with Crippen molar-refractivity contribution in [2.45, 2.75) is 64.1 Å². The van der Waals surface area contributed by atoms with E-state index >= 15 is 0 Å². The molecule has 7 nitrogen and oxygen atoms in total. The Hall–Kier alpha value is -2.35. The van der Waals surface area contributed by atoms with Crippen LogP contribution in [0.2, 0.25) is 0 Å². The minimum Gasteiger partial charge on any atom is -0.450 e. The number of hydrogen-bond acceptors (Lipinski definition) is 5. The summed E-state index contributed by atoms with van der Waals surface area (Å²) < 4.78 is 19.2. The van der Waals surface area contributed by atoms with Gasteiger partial charge in [0.2, 0.25) is 5.91 Å². The van der Waals surface area contributed by atoms with Gasteiger partial charge in [0.15, 0.2) is 0 Å². The van der Waals surface area contributed by atoms with Crippen LogP contribution in [-0.4, -0.2) is 72.7 Å². The highest BCUT2D eigenvalue weighted by Gasteiger charge is 2.34. The van der Waals surface area contributed by atoms with E-state index in [9.17, 15) is 14.0 Å². The summed E-state index contributed by atoms with van der Waals surface area (Å²) in [5, 5.41) is 6.43. The summed E-state index contributed by atoms with van der Waals surface area (Å²) in [4.78, 5) is 29.0. The molecule has 1 saturated heterocycles. The van der Waals surface area contributed by atoms with Crippen LogP contribution in [0, 0.1) is 12.7 Å². The molecule has 0 radical (unpaired) electrons. The normalized spacial score (nSPS) is 26.2. The van der Waals surface area contributed by atoms with Gasteiger partial charge in [0, 0.05) is 55.9 Å². The Bertz CT molecular complexity index is 794. The van der Waals surface area contributed by atoms with Crippen molar-refractivity contribution in [1.82, 2.24) is 15.1 Å². The Labute approximate surface area is 183 Å². The molecule has 1 aliphatic carbocycles. The van der Waals surface area contributed by atoms with Crippen LogP contribution in [0.15, 0.2) is 12.1 Å². The van der Waals surface area contributed by atoms with Gasteiger partial charge < -0.3 is 20.3 Å². The molecule has 2 amide bonds. The van der Waals surface area contributed by atoms with Gasteiger partial charge in [-0.1, -0.05) is 6.07 Å². The molecule has 4 rings (SSSR count). The minimum absolute atomic E-state index is 0.0484. The summed E-state index contributed by atoms with van der Waals surface area (Å²) in [6.45, 7) is 7.19. The van der Waals surface area contributed by atoms with E-state index in [1.807, 2.05) is 13.8 Å². The number of carbonyl (C=O) groups excluding carboxylic acids is 2. The SMILES string of the molecule is CCOC(=O)N1CCN([C@H]2CCC[C@@H](NC(=O)C3Cc4c(F)ccc(C)c4N3)C2)CC1. The number of rotatable bonds is 4. The van der Waals surface area contributed by atoms with E-state index in [4.69, 9.17) is 4.74 Å². The molecule has 1 saturated carbocycles. The topological polar surface area (TPSA) is 73.9 Å². The molecule has 2 aliphatic heterocycles. The first kappa shape index (κ1) is 21.9. The van der Waals surface area contributed by atoms with Gasteiger partial charge in [-0.15, -0.1) is 0 Å². The summed E-state index contributed by atoms with van der Waals surface area (Å²) in [6.07, 6.45) is 4.23. The van der Waals surface area contributed by atoms with Gasteiger partial charge in [0.05, 0.1) is 6.61 Å². The monoisotopic (exact) mass is 432 g/mol. The maximum absolute atomic E-state index is 14.1. The van der Waals surface area contributed by atoms with Crippen molar-refractivity contribution in [2.75, 3.05) is 38.1 Å². The van der Waals surface area contributed by atoms with Gasteiger partial charge in [-0.3, -0.25) is 9.69 Å². The first-order chi connectivity index (χ1) is 15.0. The standard InChI is InChI=1S/C23H33FN4O3/c1-3-31-23(30)28-11-9-27(10-12-28)17-6-4-5-16(13-17)25-22(29)20-14-18-19(24)8-7-15(2)21(18)26-20/h7-8,16-17,20,26H,3-6,9-14H2,1-2H3,(H,25,29)/t16-,17+,20?/m1/s1. The molecule has 170 valence electrons. The molecule has 3 atom stereocenters. The number of amides is 2. The average molecular weight is 433 g/mol. The summed E-state index contributed by atoms with van der Waals surface area (Å²) >= 11 is 0. The Morgan fingerprint density at radius 3 is 2.71 bits per heavy atom. The Balaban J connectivity index is 1.28. The number of ether oxygens (including phenoxy) is 1. The van der Waals surface area contributed by atoms with Crippen LogP contribution in [0.4, 0.5) is 14.9 Å². The number of hydrogen-bond donors (Lipinski definition) is 2. The van der Waals surface area contributed by atoms with Crippen molar-refractivity contribution < 1.29 is 18.7 Å². The largest absolute Gasteiger partial charge is 0.450 e. The summed E-state index contributed by atoms with van der Waals surface area (Å²) in [7, 11) is 0. The number of nitrogens with zero attached hydrogens (tertiary/aromatic N) is 2. The van der Waals surface area contributed by atoms with E-state index in [1.54, 1.807) is 11.0 Å². The molecule has 2 fully saturated rings. The predicted octanol–water partition coefficient (Wildman–Crippen LogP) is 2.67. The minimum atomic E-state index is -0.418. The van der Waals surface area contributed by atoms with Crippen LogP contribution in [0.3, 0.4) is 0 Å². The highest BCUT2D eigenvalue weighted by atomic mass is 19.1. The molecule has 0 aromatic heterocycles. The first-order valence-electron chi connectivity index (χ1n) is 11.5. The third-order valence-corrected chi connectivity index (χ3v) is 6.86. The Morgan fingerprint density at radius 2 is 2.00 bits per heavy atom. The zero-order valence-electron chi connectivity index (χ0n) is 18.5. The van der Waals surface area contributed by atoms with Crippen molar-refractivity contribution in [1.29, 1.82) is 0 Å². The third-order valence-electron chi connectivity index (χ3n) is 6.86. The Morgan fingerprint density at radius 1 is 1.23 bits per heavy atom. The summed E-state index contributed by atoms with van der Waals surface area (Å²) in [5.74, 6) is -0.295. The number of fused-ring (bicyclic) bond motifs is 1. The highest BCUT2D eigenvalue weighted by Crippen LogP contribution is 2.32. The van der Waals surface area contributed by atoms with Gasteiger partial charge in [0.1, 0.15) is 11.9 Å². The van der Waals surface area contributed by atoms with Crippen molar-refractivity contribution in [3.8, 4) is 0 Å². The molecular formula is C23H33FN4O3. The highest BCUT2D eigenvalue weighted by molar-refractivity contribution is 5.88. The maximum Gasteiger partial charge on any atom is 0.409 e. The van der Waals surface area contributed by atoms with Crippen LogP contribution >= 0.6 is 0 Å². The number of carbonyl (C=O) groups is 2. The fourth-order valence-corrected chi connectivity index (χ4v) is 5.14. The fraction of sp³-hybridized carbons (Fsp3) is 0.652. The number of anilines is 1. The zero-order valence-corrected chi connectivity index (χ0v) is 18.5. The third kappa shape index (κ3) is 4.79. The number of nitrogens with one attached hydrogen (secondary N) is 2. The van der Waals surface area contributed by atoms with Gasteiger partial charge in [-0.05, 0) is 51.2 Å². The Kier molecular flexibility index (Phi) is 6.65. The quantitative estimate of drug-likeness (QED) is 0.765. The number of aryl methyl sites for hydroxylation is 1. The van der Waals surface area contributed by atoms with Crippen molar-refractivity contribution >= 4 is 17.7 Å². The lowest BCUT2D eigenvalue weighted by Gasteiger charge is -2.42. The summed E-state index contributed by atoms with van der Waals surface area (Å²) in [6, 6.07) is 3.35. The molecule has 1 aromatic rings. The molecule has 2 N–H and O–H groups in total. The van der Waals surface area contributed by atoms with Crippen molar-refractivity contribution in [3.05, 3.63) is 29.1 Å². The van der Waals surface area contributed by atoms with E-state index in [-0.39, 0.29) is 23.9 Å². The zero-order chi connectivity index (χ0) is 22.0. The molecular weight excluding hydrogens is 399 g/mol. The summed E-state index contributed by atoms with van der Waals surface area (Å²) in [5.41, 5.74) is 2.34. The van der Waals surface area contributed by atoms with E-state index in [0.29, 0.717) is 37.7 Å². The molecule has 3 aliphatic rings. The molecule has 0 spiro atoms. The molecule has 31 heavy (non-hydrogen) atoms. The van der Waals surface area contributed by atoms with E-state index in [0.717, 1.165) is 50.0 Å². The van der Waals surface area contributed by atoms with Crippen LogP contribution in [-0.2, 0) is 16.0 Å². The first-order valence-corrected chi connectivity index (χ1v) is 11.5. The van der Waals surface area contributed by atoms with Gasteiger partial charge in [-0.25, -0.2) is 9.18 Å². The van der Waals surface area contributed by atoms with Crippen LogP contribution in [0.25, 0.3) is 0 Å².